The summed E-state index contributed by atoms with van der Waals surface area (Å²) in [5.74, 6) is 0.0585. The number of hydrogen-bond donors (Lipinski definition) is 1. The lowest BCUT2D eigenvalue weighted by molar-refractivity contribution is 0.0934. The van der Waals surface area contributed by atoms with Crippen LogP contribution in [0.4, 0.5) is 0 Å². The van der Waals surface area contributed by atoms with Gasteiger partial charge in [-0.25, -0.2) is 0 Å². The predicted octanol–water partition coefficient (Wildman–Crippen LogP) is 4.13. The zero-order valence-electron chi connectivity index (χ0n) is 11.7. The molecule has 0 spiro atoms. The lowest BCUT2D eigenvalue weighted by atomic mass is 10.0. The lowest BCUT2D eigenvalue weighted by Gasteiger charge is -2.21. The Labute approximate surface area is 124 Å². The number of carbonyl (C=O) groups excluding carboxylic acids is 1. The highest BCUT2D eigenvalue weighted by Gasteiger charge is 2.23. The van der Waals surface area contributed by atoms with Gasteiger partial charge in [-0.15, -0.1) is 0 Å². The molecule has 0 heterocycles. The highest BCUT2D eigenvalue weighted by molar-refractivity contribution is 9.09. The highest BCUT2D eigenvalue weighted by atomic mass is 79.9. The predicted molar refractivity (Wildman–Crippen MR) is 83.0 cm³/mol. The van der Waals surface area contributed by atoms with Crippen molar-refractivity contribution < 1.29 is 4.79 Å². The van der Waals surface area contributed by atoms with Crippen LogP contribution in [0.3, 0.4) is 0 Å². The van der Waals surface area contributed by atoms with Crippen LogP contribution >= 0.6 is 15.9 Å². The van der Waals surface area contributed by atoms with E-state index in [0.717, 1.165) is 29.5 Å². The van der Waals surface area contributed by atoms with Crippen LogP contribution in [0.1, 0.15) is 53.6 Å². The first-order chi connectivity index (χ1) is 9.06. The second-order valence-corrected chi connectivity index (χ2v) is 6.79. The van der Waals surface area contributed by atoms with Gasteiger partial charge >= 0.3 is 0 Å². The second kappa shape index (κ2) is 6.56. The van der Waals surface area contributed by atoms with Gasteiger partial charge in [0.2, 0.25) is 0 Å². The van der Waals surface area contributed by atoms with E-state index >= 15 is 0 Å². The maximum atomic E-state index is 12.3. The van der Waals surface area contributed by atoms with Crippen LogP contribution < -0.4 is 5.32 Å². The minimum absolute atomic E-state index is 0.0585. The summed E-state index contributed by atoms with van der Waals surface area (Å²) in [7, 11) is 0. The Bertz CT molecular complexity index is 438. The number of benzene rings is 1. The molecule has 0 saturated heterocycles. The van der Waals surface area contributed by atoms with Gasteiger partial charge in [0.05, 0.1) is 0 Å². The lowest BCUT2D eigenvalue weighted by Crippen LogP contribution is -2.40. The van der Waals surface area contributed by atoms with E-state index in [-0.39, 0.29) is 11.9 Å². The molecule has 1 aromatic carbocycles. The zero-order valence-corrected chi connectivity index (χ0v) is 13.3. The third-order valence-corrected chi connectivity index (χ3v) is 4.83. The summed E-state index contributed by atoms with van der Waals surface area (Å²) in [6.07, 6.45) is 5.97. The smallest absolute Gasteiger partial charge is 0.251 e. The van der Waals surface area contributed by atoms with E-state index in [1.165, 1.54) is 19.3 Å². The fourth-order valence-electron chi connectivity index (χ4n) is 2.78. The van der Waals surface area contributed by atoms with E-state index in [4.69, 9.17) is 0 Å². The molecule has 2 rings (SSSR count). The second-order valence-electron chi connectivity index (χ2n) is 5.61. The Kier molecular flexibility index (Phi) is 5.03. The molecule has 0 radical (unpaired) electrons. The van der Waals surface area contributed by atoms with Crippen LogP contribution in [-0.2, 0) is 0 Å². The number of rotatable bonds is 2. The van der Waals surface area contributed by atoms with Crippen molar-refractivity contribution in [3.8, 4) is 0 Å². The highest BCUT2D eigenvalue weighted by Crippen LogP contribution is 2.24. The number of alkyl halides is 1. The van der Waals surface area contributed by atoms with Crippen LogP contribution in [0, 0.1) is 13.8 Å². The molecule has 2 nitrogen and oxygen atoms in total. The summed E-state index contributed by atoms with van der Waals surface area (Å²) < 4.78 is 0. The number of aryl methyl sites for hydroxylation is 2. The number of nitrogens with one attached hydrogen (secondary N) is 1. The van der Waals surface area contributed by atoms with Gasteiger partial charge in [-0.05, 0) is 38.8 Å². The van der Waals surface area contributed by atoms with Crippen molar-refractivity contribution in [3.05, 3.63) is 34.9 Å². The van der Waals surface area contributed by atoms with Gasteiger partial charge < -0.3 is 5.32 Å². The Morgan fingerprint density at radius 3 is 2.42 bits per heavy atom. The van der Waals surface area contributed by atoms with Gasteiger partial charge in [0, 0.05) is 16.4 Å². The third kappa shape index (κ3) is 4.07. The minimum atomic E-state index is 0.0585. The quantitative estimate of drug-likeness (QED) is 0.643. The Morgan fingerprint density at radius 2 is 1.74 bits per heavy atom. The Hall–Kier alpha value is -0.830. The van der Waals surface area contributed by atoms with E-state index in [1.54, 1.807) is 0 Å². The van der Waals surface area contributed by atoms with Crippen molar-refractivity contribution in [2.75, 3.05) is 0 Å². The largest absolute Gasteiger partial charge is 0.348 e. The molecule has 1 N–H and O–H groups in total. The molecule has 0 bridgehead atoms. The Morgan fingerprint density at radius 1 is 1.11 bits per heavy atom. The van der Waals surface area contributed by atoms with Crippen LogP contribution in [-0.4, -0.2) is 16.8 Å². The fraction of sp³-hybridized carbons (Fsp3) is 0.562. The number of carbonyl (C=O) groups is 1. The summed E-state index contributed by atoms with van der Waals surface area (Å²) in [4.78, 5) is 12.8. The molecule has 2 unspecified atom stereocenters. The van der Waals surface area contributed by atoms with E-state index in [0.29, 0.717) is 4.83 Å². The third-order valence-electron chi connectivity index (χ3n) is 3.73. The van der Waals surface area contributed by atoms with Crippen molar-refractivity contribution in [2.24, 2.45) is 0 Å². The van der Waals surface area contributed by atoms with Crippen molar-refractivity contribution in [1.82, 2.24) is 5.32 Å². The van der Waals surface area contributed by atoms with Crippen LogP contribution in [0.5, 0.6) is 0 Å². The molecule has 104 valence electrons. The Balaban J connectivity index is 2.07. The molecule has 19 heavy (non-hydrogen) atoms. The monoisotopic (exact) mass is 323 g/mol. The average molecular weight is 324 g/mol. The molecule has 0 aliphatic heterocycles. The van der Waals surface area contributed by atoms with E-state index in [2.05, 4.69) is 27.3 Å². The summed E-state index contributed by atoms with van der Waals surface area (Å²) in [6, 6.07) is 6.27. The van der Waals surface area contributed by atoms with E-state index in [1.807, 2.05) is 26.0 Å². The molecule has 3 heteroatoms. The maximum Gasteiger partial charge on any atom is 0.251 e. The van der Waals surface area contributed by atoms with Gasteiger partial charge in [-0.1, -0.05) is 52.4 Å². The molecule has 1 aliphatic carbocycles. The number of hydrogen-bond acceptors (Lipinski definition) is 1. The molecular weight excluding hydrogens is 302 g/mol. The molecule has 1 fully saturated rings. The normalized spacial score (nSPS) is 23.7. The first-order valence-corrected chi connectivity index (χ1v) is 8.01. The SMILES string of the molecule is Cc1cc(C)cc(C(=O)NC2CCCCCC2Br)c1. The molecule has 0 aromatic heterocycles. The van der Waals surface area contributed by atoms with E-state index < -0.39 is 0 Å². The summed E-state index contributed by atoms with van der Waals surface area (Å²) >= 11 is 3.72. The van der Waals surface area contributed by atoms with Crippen molar-refractivity contribution in [2.45, 2.75) is 56.8 Å². The van der Waals surface area contributed by atoms with Gasteiger partial charge in [0.25, 0.3) is 5.91 Å². The van der Waals surface area contributed by atoms with Crippen molar-refractivity contribution in [1.29, 1.82) is 0 Å². The van der Waals surface area contributed by atoms with Crippen LogP contribution in [0.25, 0.3) is 0 Å². The van der Waals surface area contributed by atoms with E-state index in [9.17, 15) is 4.79 Å². The molecule has 2 atom stereocenters. The molecule has 1 amide bonds. The fourth-order valence-corrected chi connectivity index (χ4v) is 3.50. The minimum Gasteiger partial charge on any atom is -0.348 e. The standard InChI is InChI=1S/C16H22BrNO/c1-11-8-12(2)10-13(9-11)16(19)18-15-7-5-3-4-6-14(15)17/h8-10,14-15H,3-7H2,1-2H3,(H,18,19). The van der Waals surface area contributed by atoms with Gasteiger partial charge in [0.1, 0.15) is 0 Å². The first kappa shape index (κ1) is 14.6. The van der Waals surface area contributed by atoms with Crippen molar-refractivity contribution in [3.63, 3.8) is 0 Å². The van der Waals surface area contributed by atoms with Gasteiger partial charge in [-0.3, -0.25) is 4.79 Å². The topological polar surface area (TPSA) is 29.1 Å². The van der Waals surface area contributed by atoms with Crippen LogP contribution in [0.2, 0.25) is 0 Å². The van der Waals surface area contributed by atoms with Crippen LogP contribution in [0.15, 0.2) is 18.2 Å². The average Bonchev–Trinajstić information content (AvgIpc) is 2.54. The van der Waals surface area contributed by atoms with Gasteiger partial charge in [0.15, 0.2) is 0 Å². The summed E-state index contributed by atoms with van der Waals surface area (Å²) in [5, 5.41) is 3.19. The zero-order chi connectivity index (χ0) is 13.8. The molecule has 1 aliphatic rings. The number of halogens is 1. The van der Waals surface area contributed by atoms with Crippen molar-refractivity contribution >= 4 is 21.8 Å². The molecular formula is C16H22BrNO. The summed E-state index contributed by atoms with van der Waals surface area (Å²) in [6.45, 7) is 4.06. The first-order valence-electron chi connectivity index (χ1n) is 7.09. The summed E-state index contributed by atoms with van der Waals surface area (Å²) in [5.41, 5.74) is 3.06. The molecule has 1 aromatic rings. The maximum absolute atomic E-state index is 12.3. The number of amides is 1. The van der Waals surface area contributed by atoms with Gasteiger partial charge in [-0.2, -0.15) is 0 Å². The molecule has 1 saturated carbocycles.